The molecule has 4 heterocycles. The van der Waals surface area contributed by atoms with Crippen molar-refractivity contribution in [1.29, 1.82) is 0 Å². The molecule has 138 valence electrons. The Bertz CT molecular complexity index is 862. The van der Waals surface area contributed by atoms with Crippen molar-refractivity contribution in [3.8, 4) is 0 Å². The van der Waals surface area contributed by atoms with E-state index in [2.05, 4.69) is 27.0 Å². The van der Waals surface area contributed by atoms with Crippen molar-refractivity contribution in [2.75, 3.05) is 26.7 Å². The Morgan fingerprint density at radius 1 is 1.23 bits per heavy atom. The maximum absolute atomic E-state index is 13.7. The van der Waals surface area contributed by atoms with E-state index in [1.54, 1.807) is 0 Å². The fourth-order valence-electron chi connectivity index (χ4n) is 4.83. The highest BCUT2D eigenvalue weighted by atomic mass is 16.5. The molecule has 6 heteroatoms. The van der Waals surface area contributed by atoms with Gasteiger partial charge in [-0.15, -0.1) is 0 Å². The van der Waals surface area contributed by atoms with E-state index in [0.29, 0.717) is 11.6 Å². The lowest BCUT2D eigenvalue weighted by atomic mass is 9.84. The van der Waals surface area contributed by atoms with Crippen LogP contribution in [0.5, 0.6) is 0 Å². The number of carbonyl (C=O) groups excluding carboxylic acids is 1. The molecule has 1 saturated carbocycles. The number of hydrogen-bond donors (Lipinski definition) is 0. The number of pyridine rings is 1. The van der Waals surface area contributed by atoms with Gasteiger partial charge in [-0.1, -0.05) is 5.16 Å². The molecule has 2 aliphatic heterocycles. The van der Waals surface area contributed by atoms with Crippen LogP contribution < -0.4 is 0 Å². The highest BCUT2D eigenvalue weighted by Crippen LogP contribution is 2.42. The third kappa shape index (κ3) is 2.46. The first-order valence-electron chi connectivity index (χ1n) is 9.85. The van der Waals surface area contributed by atoms with E-state index in [0.717, 1.165) is 80.5 Å². The zero-order chi connectivity index (χ0) is 17.9. The number of aryl methyl sites for hydroxylation is 1. The minimum atomic E-state index is 0.0317. The Hall–Kier alpha value is -1.95. The number of fused-ring (bicyclic) bond motifs is 1. The third-order valence-corrected chi connectivity index (χ3v) is 6.62. The molecule has 0 bridgehead atoms. The Labute approximate surface area is 153 Å². The van der Waals surface area contributed by atoms with E-state index in [1.807, 2.05) is 13.0 Å². The summed E-state index contributed by atoms with van der Waals surface area (Å²) < 4.78 is 5.43. The number of amides is 1. The summed E-state index contributed by atoms with van der Waals surface area (Å²) in [6, 6.07) is 2.02. The maximum atomic E-state index is 13.7. The van der Waals surface area contributed by atoms with Crippen molar-refractivity contribution in [3.63, 3.8) is 0 Å². The van der Waals surface area contributed by atoms with Gasteiger partial charge in [0.15, 0.2) is 0 Å². The van der Waals surface area contributed by atoms with Gasteiger partial charge in [0, 0.05) is 36.8 Å². The van der Waals surface area contributed by atoms with Gasteiger partial charge in [0.05, 0.1) is 16.6 Å². The maximum Gasteiger partial charge on any atom is 0.259 e. The van der Waals surface area contributed by atoms with Gasteiger partial charge in [0.1, 0.15) is 0 Å². The SMILES string of the molecule is Cc1noc2nc(C3CC3)cc(C(=O)N3CCCC34CCN(C)CC4)c12. The van der Waals surface area contributed by atoms with Gasteiger partial charge in [-0.25, -0.2) is 4.98 Å². The molecule has 1 aliphatic carbocycles. The number of piperidine rings is 1. The molecule has 1 amide bonds. The molecular formula is C20H26N4O2. The fourth-order valence-corrected chi connectivity index (χ4v) is 4.83. The first kappa shape index (κ1) is 16.2. The number of nitrogens with zero attached hydrogens (tertiary/aromatic N) is 4. The van der Waals surface area contributed by atoms with Crippen LogP contribution in [0.2, 0.25) is 0 Å². The summed E-state index contributed by atoms with van der Waals surface area (Å²) in [4.78, 5) is 22.8. The van der Waals surface area contributed by atoms with Gasteiger partial charge in [-0.05, 0) is 58.6 Å². The second kappa shape index (κ2) is 5.78. The number of aromatic nitrogens is 2. The third-order valence-electron chi connectivity index (χ3n) is 6.62. The van der Waals surface area contributed by atoms with Crippen LogP contribution in [0.25, 0.3) is 11.1 Å². The Morgan fingerprint density at radius 3 is 2.73 bits per heavy atom. The summed E-state index contributed by atoms with van der Waals surface area (Å²) >= 11 is 0. The van der Waals surface area contributed by atoms with Crippen molar-refractivity contribution < 1.29 is 9.32 Å². The van der Waals surface area contributed by atoms with Crippen molar-refractivity contribution in [2.24, 2.45) is 0 Å². The predicted molar refractivity (Wildman–Crippen MR) is 98.2 cm³/mol. The van der Waals surface area contributed by atoms with Crippen LogP contribution in [0.4, 0.5) is 0 Å². The second-order valence-corrected chi connectivity index (χ2v) is 8.41. The second-order valence-electron chi connectivity index (χ2n) is 8.41. The van der Waals surface area contributed by atoms with Crippen molar-refractivity contribution in [2.45, 2.75) is 56.9 Å². The molecule has 0 aromatic carbocycles. The minimum Gasteiger partial charge on any atom is -0.336 e. The van der Waals surface area contributed by atoms with Gasteiger partial charge in [0.2, 0.25) is 0 Å². The van der Waals surface area contributed by atoms with Crippen LogP contribution in [0.15, 0.2) is 10.6 Å². The minimum absolute atomic E-state index is 0.0317. The molecule has 0 radical (unpaired) electrons. The standard InChI is InChI=1S/C20H26N4O2/c1-13-17-15(12-16(14-4-5-14)21-18(17)26-22-13)19(25)24-9-3-6-20(24)7-10-23(2)11-8-20/h12,14H,3-11H2,1-2H3. The Morgan fingerprint density at radius 2 is 2.00 bits per heavy atom. The summed E-state index contributed by atoms with van der Waals surface area (Å²) in [6.07, 6.45) is 6.67. The first-order valence-corrected chi connectivity index (χ1v) is 9.85. The number of rotatable bonds is 2. The summed E-state index contributed by atoms with van der Waals surface area (Å²) in [6.45, 7) is 4.89. The van der Waals surface area contributed by atoms with E-state index in [-0.39, 0.29) is 11.4 Å². The average Bonchev–Trinajstić information content (AvgIpc) is 3.33. The molecule has 1 spiro atoms. The molecule has 2 aromatic rings. The van der Waals surface area contributed by atoms with Gasteiger partial charge >= 0.3 is 0 Å². The molecule has 0 unspecified atom stereocenters. The van der Waals surface area contributed by atoms with Crippen LogP contribution in [-0.4, -0.2) is 58.1 Å². The quantitative estimate of drug-likeness (QED) is 0.829. The molecule has 26 heavy (non-hydrogen) atoms. The lowest BCUT2D eigenvalue weighted by Crippen LogP contribution is -2.53. The lowest BCUT2D eigenvalue weighted by molar-refractivity contribution is 0.0410. The number of carbonyl (C=O) groups is 1. The number of hydrogen-bond acceptors (Lipinski definition) is 5. The molecule has 2 aromatic heterocycles. The average molecular weight is 354 g/mol. The summed E-state index contributed by atoms with van der Waals surface area (Å²) in [5.74, 6) is 0.625. The lowest BCUT2D eigenvalue weighted by Gasteiger charge is -2.44. The smallest absolute Gasteiger partial charge is 0.259 e. The monoisotopic (exact) mass is 354 g/mol. The molecule has 5 rings (SSSR count). The van der Waals surface area contributed by atoms with E-state index >= 15 is 0 Å². The number of likely N-dealkylation sites (tertiary alicyclic amines) is 2. The largest absolute Gasteiger partial charge is 0.336 e. The summed E-state index contributed by atoms with van der Waals surface area (Å²) in [5.41, 5.74) is 3.05. The molecule has 6 nitrogen and oxygen atoms in total. The van der Waals surface area contributed by atoms with Crippen LogP contribution in [0.3, 0.4) is 0 Å². The van der Waals surface area contributed by atoms with Crippen molar-refractivity contribution >= 4 is 17.0 Å². The van der Waals surface area contributed by atoms with Crippen LogP contribution in [-0.2, 0) is 0 Å². The summed E-state index contributed by atoms with van der Waals surface area (Å²) in [7, 11) is 2.17. The van der Waals surface area contributed by atoms with E-state index in [9.17, 15) is 4.79 Å². The zero-order valence-corrected chi connectivity index (χ0v) is 15.6. The Balaban J connectivity index is 1.56. The van der Waals surface area contributed by atoms with Crippen molar-refractivity contribution in [3.05, 3.63) is 23.0 Å². The van der Waals surface area contributed by atoms with Gasteiger partial charge < -0.3 is 14.3 Å². The van der Waals surface area contributed by atoms with Crippen LogP contribution in [0, 0.1) is 6.92 Å². The molecule has 0 atom stereocenters. The normalized spacial score (nSPS) is 23.2. The van der Waals surface area contributed by atoms with Crippen LogP contribution >= 0.6 is 0 Å². The Kier molecular flexibility index (Phi) is 3.61. The van der Waals surface area contributed by atoms with E-state index < -0.39 is 0 Å². The summed E-state index contributed by atoms with van der Waals surface area (Å²) in [5, 5.41) is 4.89. The molecule has 2 saturated heterocycles. The van der Waals surface area contributed by atoms with E-state index in [4.69, 9.17) is 4.52 Å². The molecule has 3 aliphatic rings. The first-order chi connectivity index (χ1) is 12.6. The highest BCUT2D eigenvalue weighted by molar-refractivity contribution is 6.06. The molecule has 0 N–H and O–H groups in total. The highest BCUT2D eigenvalue weighted by Gasteiger charge is 2.45. The van der Waals surface area contributed by atoms with Crippen LogP contribution in [0.1, 0.15) is 66.2 Å². The zero-order valence-electron chi connectivity index (χ0n) is 15.6. The predicted octanol–water partition coefficient (Wildman–Crippen LogP) is 3.11. The fraction of sp³-hybridized carbons (Fsp3) is 0.650. The topological polar surface area (TPSA) is 62.5 Å². The molecular weight excluding hydrogens is 328 g/mol. The van der Waals surface area contributed by atoms with Gasteiger partial charge in [0.25, 0.3) is 11.6 Å². The van der Waals surface area contributed by atoms with Gasteiger partial charge in [-0.3, -0.25) is 4.79 Å². The van der Waals surface area contributed by atoms with E-state index in [1.165, 1.54) is 0 Å². The van der Waals surface area contributed by atoms with Crippen molar-refractivity contribution in [1.82, 2.24) is 19.9 Å². The molecule has 3 fully saturated rings. The van der Waals surface area contributed by atoms with Gasteiger partial charge in [-0.2, -0.15) is 0 Å².